The van der Waals surface area contributed by atoms with Gasteiger partial charge in [0, 0.05) is 12.1 Å². The number of unbranched alkanes of at least 4 members (excludes halogenated alkanes) is 9. The zero-order valence-corrected chi connectivity index (χ0v) is 16.0. The third kappa shape index (κ3) is 16.2. The molecule has 1 nitrogen and oxygen atoms in total. The first kappa shape index (κ1) is 21.0. The highest BCUT2D eigenvalue weighted by Crippen LogP contribution is 2.24. The standard InChI is InChI=1S/C20H43N/c1-7-8-9-10-11-12-13-14-15-16-17-20(5,6)18-21-19(2,3)4/h21H,7-18H2,1-6H3. The average Bonchev–Trinajstić information content (AvgIpc) is 2.38. The van der Waals surface area contributed by atoms with Gasteiger partial charge in [-0.25, -0.2) is 0 Å². The predicted octanol–water partition coefficient (Wildman–Crippen LogP) is 6.71. The van der Waals surface area contributed by atoms with Gasteiger partial charge in [0.1, 0.15) is 0 Å². The zero-order valence-electron chi connectivity index (χ0n) is 16.0. The number of rotatable bonds is 13. The van der Waals surface area contributed by atoms with E-state index in [1.807, 2.05) is 0 Å². The van der Waals surface area contributed by atoms with Crippen molar-refractivity contribution >= 4 is 0 Å². The summed E-state index contributed by atoms with van der Waals surface area (Å²) in [6, 6.07) is 0. The lowest BCUT2D eigenvalue weighted by atomic mass is 9.86. The van der Waals surface area contributed by atoms with Crippen molar-refractivity contribution in [3.05, 3.63) is 0 Å². The topological polar surface area (TPSA) is 12.0 Å². The van der Waals surface area contributed by atoms with E-state index in [9.17, 15) is 0 Å². The van der Waals surface area contributed by atoms with Gasteiger partial charge in [0.05, 0.1) is 0 Å². The fraction of sp³-hybridized carbons (Fsp3) is 1.00. The lowest BCUT2D eigenvalue weighted by molar-refractivity contribution is 0.264. The fourth-order valence-electron chi connectivity index (χ4n) is 2.68. The minimum absolute atomic E-state index is 0.245. The highest BCUT2D eigenvalue weighted by molar-refractivity contribution is 4.78. The molecule has 0 amide bonds. The van der Waals surface area contributed by atoms with E-state index in [0.29, 0.717) is 5.41 Å². The molecule has 0 aliphatic carbocycles. The molecule has 0 aliphatic heterocycles. The van der Waals surface area contributed by atoms with Crippen molar-refractivity contribution in [1.29, 1.82) is 0 Å². The van der Waals surface area contributed by atoms with Gasteiger partial charge in [0.15, 0.2) is 0 Å². The van der Waals surface area contributed by atoms with Gasteiger partial charge in [0.2, 0.25) is 0 Å². The van der Waals surface area contributed by atoms with Gasteiger partial charge in [-0.1, -0.05) is 85.0 Å². The summed E-state index contributed by atoms with van der Waals surface area (Å²) in [6.07, 6.45) is 15.7. The quantitative estimate of drug-likeness (QED) is 0.372. The molecule has 128 valence electrons. The molecule has 0 radical (unpaired) electrons. The van der Waals surface area contributed by atoms with Gasteiger partial charge in [0.25, 0.3) is 0 Å². The van der Waals surface area contributed by atoms with Gasteiger partial charge in [-0.15, -0.1) is 0 Å². The second-order valence-corrected chi connectivity index (χ2v) is 8.70. The molecule has 0 atom stereocenters. The molecule has 0 unspecified atom stereocenters. The van der Waals surface area contributed by atoms with Crippen molar-refractivity contribution in [2.45, 2.75) is 118 Å². The molecule has 0 aliphatic rings. The van der Waals surface area contributed by atoms with Crippen LogP contribution < -0.4 is 5.32 Å². The molecule has 21 heavy (non-hydrogen) atoms. The molecule has 0 saturated heterocycles. The molecule has 0 saturated carbocycles. The van der Waals surface area contributed by atoms with E-state index in [0.717, 1.165) is 6.54 Å². The summed E-state index contributed by atoms with van der Waals surface area (Å²) in [5.74, 6) is 0. The third-order valence-corrected chi connectivity index (χ3v) is 4.30. The lowest BCUT2D eigenvalue weighted by Crippen LogP contribution is -2.41. The highest BCUT2D eigenvalue weighted by atomic mass is 14.9. The van der Waals surface area contributed by atoms with Gasteiger partial charge in [-0.05, 0) is 32.6 Å². The molecule has 0 spiro atoms. The number of hydrogen-bond donors (Lipinski definition) is 1. The molecule has 1 N–H and O–H groups in total. The van der Waals surface area contributed by atoms with Gasteiger partial charge >= 0.3 is 0 Å². The van der Waals surface area contributed by atoms with Gasteiger partial charge < -0.3 is 5.32 Å². The van der Waals surface area contributed by atoms with E-state index in [4.69, 9.17) is 0 Å². The molecule has 0 bridgehead atoms. The normalized spacial score (nSPS) is 12.9. The van der Waals surface area contributed by atoms with E-state index in [1.54, 1.807) is 0 Å². The van der Waals surface area contributed by atoms with Crippen LogP contribution in [0.25, 0.3) is 0 Å². The summed E-state index contributed by atoms with van der Waals surface area (Å²) < 4.78 is 0. The molecule has 0 aromatic rings. The molecular weight excluding hydrogens is 254 g/mol. The highest BCUT2D eigenvalue weighted by Gasteiger charge is 2.20. The smallest absolute Gasteiger partial charge is 0.00967 e. The Morgan fingerprint density at radius 3 is 1.48 bits per heavy atom. The van der Waals surface area contributed by atoms with Gasteiger partial charge in [-0.2, -0.15) is 0 Å². The summed E-state index contributed by atoms with van der Waals surface area (Å²) in [7, 11) is 0. The summed E-state index contributed by atoms with van der Waals surface area (Å²) in [5, 5.41) is 3.65. The Bertz CT molecular complexity index is 224. The van der Waals surface area contributed by atoms with Gasteiger partial charge in [-0.3, -0.25) is 0 Å². The first-order chi connectivity index (χ1) is 9.77. The molecule has 0 aromatic carbocycles. The van der Waals surface area contributed by atoms with Crippen molar-refractivity contribution in [2.75, 3.05) is 6.54 Å². The van der Waals surface area contributed by atoms with Crippen LogP contribution in [0.2, 0.25) is 0 Å². The van der Waals surface area contributed by atoms with Crippen LogP contribution in [0.3, 0.4) is 0 Å². The largest absolute Gasteiger partial charge is 0.312 e. The predicted molar refractivity (Wildman–Crippen MR) is 98.0 cm³/mol. The van der Waals surface area contributed by atoms with Crippen molar-refractivity contribution in [1.82, 2.24) is 5.32 Å². The van der Waals surface area contributed by atoms with E-state index in [-0.39, 0.29) is 5.54 Å². The Morgan fingerprint density at radius 2 is 1.05 bits per heavy atom. The maximum absolute atomic E-state index is 3.65. The monoisotopic (exact) mass is 297 g/mol. The van der Waals surface area contributed by atoms with Crippen LogP contribution in [0.1, 0.15) is 112 Å². The minimum atomic E-state index is 0.245. The van der Waals surface area contributed by atoms with E-state index in [1.165, 1.54) is 70.6 Å². The van der Waals surface area contributed by atoms with Crippen LogP contribution in [-0.4, -0.2) is 12.1 Å². The number of hydrogen-bond acceptors (Lipinski definition) is 1. The summed E-state index contributed by atoms with van der Waals surface area (Å²) in [4.78, 5) is 0. The molecular formula is C20H43N. The zero-order chi connectivity index (χ0) is 16.2. The molecule has 0 fully saturated rings. The molecule has 0 aromatic heterocycles. The summed E-state index contributed by atoms with van der Waals surface area (Å²) >= 11 is 0. The third-order valence-electron chi connectivity index (χ3n) is 4.30. The first-order valence-electron chi connectivity index (χ1n) is 9.52. The maximum atomic E-state index is 3.65. The Hall–Kier alpha value is -0.0400. The second-order valence-electron chi connectivity index (χ2n) is 8.70. The summed E-state index contributed by atoms with van der Waals surface area (Å²) in [6.45, 7) is 15.0. The maximum Gasteiger partial charge on any atom is 0.00967 e. The van der Waals surface area contributed by atoms with Crippen LogP contribution in [0, 0.1) is 5.41 Å². The Labute approximate surface area is 135 Å². The number of nitrogens with one attached hydrogen (secondary N) is 1. The van der Waals surface area contributed by atoms with Crippen molar-refractivity contribution in [2.24, 2.45) is 5.41 Å². The van der Waals surface area contributed by atoms with Crippen LogP contribution in [0.15, 0.2) is 0 Å². The second kappa shape index (κ2) is 11.5. The van der Waals surface area contributed by atoms with Crippen molar-refractivity contribution in [3.63, 3.8) is 0 Å². The van der Waals surface area contributed by atoms with E-state index >= 15 is 0 Å². The Balaban J connectivity index is 3.40. The first-order valence-corrected chi connectivity index (χ1v) is 9.52. The van der Waals surface area contributed by atoms with Crippen LogP contribution in [0.5, 0.6) is 0 Å². The Morgan fingerprint density at radius 1 is 0.619 bits per heavy atom. The SMILES string of the molecule is CCCCCCCCCCCCC(C)(C)CNC(C)(C)C. The fourth-order valence-corrected chi connectivity index (χ4v) is 2.68. The van der Waals surface area contributed by atoms with Crippen molar-refractivity contribution in [3.8, 4) is 0 Å². The summed E-state index contributed by atoms with van der Waals surface area (Å²) in [5.41, 5.74) is 0.683. The van der Waals surface area contributed by atoms with Crippen LogP contribution in [-0.2, 0) is 0 Å². The molecule has 1 heteroatoms. The molecule has 0 heterocycles. The van der Waals surface area contributed by atoms with Crippen LogP contribution >= 0.6 is 0 Å². The average molecular weight is 298 g/mol. The lowest BCUT2D eigenvalue weighted by Gasteiger charge is -2.30. The Kier molecular flexibility index (Phi) is 11.5. The van der Waals surface area contributed by atoms with Crippen molar-refractivity contribution < 1.29 is 0 Å². The van der Waals surface area contributed by atoms with Crippen LogP contribution in [0.4, 0.5) is 0 Å². The van der Waals surface area contributed by atoms with E-state index in [2.05, 4.69) is 46.9 Å². The molecule has 0 rings (SSSR count). The minimum Gasteiger partial charge on any atom is -0.312 e. The van der Waals surface area contributed by atoms with E-state index < -0.39 is 0 Å².